The van der Waals surface area contributed by atoms with Crippen LogP contribution in [0.25, 0.3) is 5.76 Å². The third kappa shape index (κ3) is 5.98. The number of hydrogen-bond acceptors (Lipinski definition) is 5. The van der Waals surface area contributed by atoms with Crippen LogP contribution in [0.4, 0.5) is 0 Å². The molecule has 3 rings (SSSR count). The van der Waals surface area contributed by atoms with E-state index >= 15 is 0 Å². The highest BCUT2D eigenvalue weighted by Crippen LogP contribution is 2.40. The molecule has 0 unspecified atom stereocenters. The van der Waals surface area contributed by atoms with Crippen LogP contribution < -0.4 is 4.74 Å². The first-order valence-electron chi connectivity index (χ1n) is 12.6. The van der Waals surface area contributed by atoms with Gasteiger partial charge in [-0.05, 0) is 67.2 Å². The van der Waals surface area contributed by atoms with Crippen LogP contribution in [0.1, 0.15) is 62.9 Å². The van der Waals surface area contributed by atoms with Crippen molar-refractivity contribution < 1.29 is 19.4 Å². The van der Waals surface area contributed by atoms with E-state index in [1.165, 1.54) is 0 Å². The fourth-order valence-corrected chi connectivity index (χ4v) is 4.33. The van der Waals surface area contributed by atoms with E-state index in [-0.39, 0.29) is 16.7 Å². The van der Waals surface area contributed by atoms with Crippen molar-refractivity contribution in [1.29, 1.82) is 0 Å². The van der Waals surface area contributed by atoms with E-state index in [0.29, 0.717) is 36.9 Å². The van der Waals surface area contributed by atoms with Gasteiger partial charge in [-0.25, -0.2) is 0 Å². The molecule has 1 N–H and O–H groups in total. The summed E-state index contributed by atoms with van der Waals surface area (Å²) in [4.78, 5) is 30.0. The monoisotopic (exact) mass is 492 g/mol. The number of aryl methyl sites for hydroxylation is 1. The van der Waals surface area contributed by atoms with Gasteiger partial charge in [0.1, 0.15) is 11.5 Å². The Balaban J connectivity index is 2.10. The number of likely N-dealkylation sites (tertiary alicyclic amines) is 1. The Morgan fingerprint density at radius 1 is 1.08 bits per heavy atom. The summed E-state index contributed by atoms with van der Waals surface area (Å²) in [6.45, 7) is 14.0. The van der Waals surface area contributed by atoms with Crippen LogP contribution in [0.15, 0.2) is 48.0 Å². The molecule has 2 aromatic rings. The van der Waals surface area contributed by atoms with Gasteiger partial charge in [0.2, 0.25) is 0 Å². The molecule has 0 saturated carbocycles. The molecule has 1 atom stereocenters. The first-order chi connectivity index (χ1) is 16.8. The van der Waals surface area contributed by atoms with E-state index in [0.717, 1.165) is 16.7 Å². The molecule has 6 nitrogen and oxygen atoms in total. The molecule has 1 aliphatic rings. The van der Waals surface area contributed by atoms with Gasteiger partial charge in [0.25, 0.3) is 11.7 Å². The molecule has 1 heterocycles. The lowest BCUT2D eigenvalue weighted by Crippen LogP contribution is -2.35. The maximum absolute atomic E-state index is 13.3. The molecule has 2 aromatic carbocycles. The van der Waals surface area contributed by atoms with Crippen molar-refractivity contribution in [2.45, 2.75) is 53.0 Å². The quantitative estimate of drug-likeness (QED) is 0.307. The SMILES string of the molecule is Cc1cc(OCC(C)C)ccc1C(O)=C1C(=O)C(=O)N(CCN(C)C)[C@@H]1c1ccc(C(C)(C)C)cc1. The summed E-state index contributed by atoms with van der Waals surface area (Å²) in [6.07, 6.45) is 0. The number of amides is 1. The van der Waals surface area contributed by atoms with Crippen molar-refractivity contribution in [3.8, 4) is 5.75 Å². The Bertz CT molecular complexity index is 1140. The highest BCUT2D eigenvalue weighted by molar-refractivity contribution is 6.46. The Hall–Kier alpha value is -3.12. The second kappa shape index (κ2) is 10.9. The Morgan fingerprint density at radius 3 is 2.25 bits per heavy atom. The van der Waals surface area contributed by atoms with Gasteiger partial charge in [-0.1, -0.05) is 58.9 Å². The number of aliphatic hydroxyl groups excluding tert-OH is 1. The van der Waals surface area contributed by atoms with E-state index in [2.05, 4.69) is 34.6 Å². The molecule has 36 heavy (non-hydrogen) atoms. The number of Topliss-reactive ketones (excluding diaryl/α,β-unsaturated/α-hetero) is 1. The Labute approximate surface area is 215 Å². The molecular formula is C30H40N2O4. The summed E-state index contributed by atoms with van der Waals surface area (Å²) >= 11 is 0. The second-order valence-electron chi connectivity index (χ2n) is 11.3. The predicted octanol–water partition coefficient (Wildman–Crippen LogP) is 5.31. The van der Waals surface area contributed by atoms with E-state index in [1.54, 1.807) is 17.0 Å². The molecule has 0 spiro atoms. The normalized spacial score (nSPS) is 17.9. The number of carbonyl (C=O) groups excluding carboxylic acids is 2. The maximum Gasteiger partial charge on any atom is 0.295 e. The van der Waals surface area contributed by atoms with Gasteiger partial charge in [0.05, 0.1) is 18.2 Å². The minimum atomic E-state index is -0.657. The van der Waals surface area contributed by atoms with E-state index in [9.17, 15) is 14.7 Å². The van der Waals surface area contributed by atoms with Gasteiger partial charge in [0.15, 0.2) is 0 Å². The lowest BCUT2D eigenvalue weighted by atomic mass is 9.85. The largest absolute Gasteiger partial charge is 0.507 e. The molecule has 0 aromatic heterocycles. The van der Waals surface area contributed by atoms with Gasteiger partial charge in [-0.3, -0.25) is 9.59 Å². The van der Waals surface area contributed by atoms with E-state index in [4.69, 9.17) is 4.74 Å². The first kappa shape index (κ1) is 27.5. The molecule has 1 fully saturated rings. The number of carbonyl (C=O) groups is 2. The van der Waals surface area contributed by atoms with Crippen molar-refractivity contribution in [3.05, 3.63) is 70.3 Å². The highest BCUT2D eigenvalue weighted by Gasteiger charge is 2.46. The number of benzene rings is 2. The molecule has 194 valence electrons. The summed E-state index contributed by atoms with van der Waals surface area (Å²) in [5, 5.41) is 11.4. The summed E-state index contributed by atoms with van der Waals surface area (Å²) in [5.41, 5.74) is 3.35. The summed E-state index contributed by atoms with van der Waals surface area (Å²) in [5.74, 6) is -0.299. The lowest BCUT2D eigenvalue weighted by Gasteiger charge is -2.27. The van der Waals surface area contributed by atoms with Crippen molar-refractivity contribution in [2.24, 2.45) is 5.92 Å². The predicted molar refractivity (Wildman–Crippen MR) is 144 cm³/mol. The van der Waals surface area contributed by atoms with Crippen molar-refractivity contribution in [3.63, 3.8) is 0 Å². The smallest absolute Gasteiger partial charge is 0.295 e. The zero-order valence-corrected chi connectivity index (χ0v) is 22.9. The minimum absolute atomic E-state index is 0.0260. The minimum Gasteiger partial charge on any atom is -0.507 e. The Morgan fingerprint density at radius 2 is 1.72 bits per heavy atom. The summed E-state index contributed by atoms with van der Waals surface area (Å²) in [7, 11) is 3.85. The number of ether oxygens (including phenoxy) is 1. The number of ketones is 1. The van der Waals surface area contributed by atoms with E-state index in [1.807, 2.05) is 56.3 Å². The zero-order chi connectivity index (χ0) is 26.8. The molecule has 0 bridgehead atoms. The van der Waals surface area contributed by atoms with Crippen LogP contribution in [-0.4, -0.2) is 60.4 Å². The van der Waals surface area contributed by atoms with Gasteiger partial charge in [-0.15, -0.1) is 0 Å². The summed E-state index contributed by atoms with van der Waals surface area (Å²) in [6, 6.07) is 12.7. The van der Waals surface area contributed by atoms with Gasteiger partial charge < -0.3 is 19.6 Å². The number of aliphatic hydroxyl groups is 1. The van der Waals surface area contributed by atoms with Gasteiger partial charge >= 0.3 is 0 Å². The highest BCUT2D eigenvalue weighted by atomic mass is 16.5. The number of likely N-dealkylation sites (N-methyl/N-ethyl adjacent to an activating group) is 1. The molecule has 0 aliphatic carbocycles. The molecule has 0 radical (unpaired) electrons. The van der Waals surface area contributed by atoms with Gasteiger partial charge in [-0.2, -0.15) is 0 Å². The van der Waals surface area contributed by atoms with Crippen LogP contribution in [-0.2, 0) is 15.0 Å². The topological polar surface area (TPSA) is 70.1 Å². The first-order valence-corrected chi connectivity index (χ1v) is 12.6. The molecular weight excluding hydrogens is 452 g/mol. The molecule has 6 heteroatoms. The van der Waals surface area contributed by atoms with Crippen LogP contribution >= 0.6 is 0 Å². The molecule has 1 amide bonds. The van der Waals surface area contributed by atoms with Gasteiger partial charge in [0, 0.05) is 18.7 Å². The second-order valence-corrected chi connectivity index (χ2v) is 11.3. The van der Waals surface area contributed by atoms with Crippen LogP contribution in [0.3, 0.4) is 0 Å². The molecule has 1 aliphatic heterocycles. The van der Waals surface area contributed by atoms with E-state index < -0.39 is 17.7 Å². The fraction of sp³-hybridized carbons (Fsp3) is 0.467. The third-order valence-electron chi connectivity index (χ3n) is 6.46. The molecule has 1 saturated heterocycles. The fourth-order valence-electron chi connectivity index (χ4n) is 4.33. The average molecular weight is 493 g/mol. The lowest BCUT2D eigenvalue weighted by molar-refractivity contribution is -0.140. The zero-order valence-electron chi connectivity index (χ0n) is 22.9. The number of hydrogen-bond donors (Lipinski definition) is 1. The number of rotatable bonds is 8. The maximum atomic E-state index is 13.3. The van der Waals surface area contributed by atoms with Crippen LogP contribution in [0.5, 0.6) is 5.75 Å². The summed E-state index contributed by atoms with van der Waals surface area (Å²) < 4.78 is 5.82. The van der Waals surface area contributed by atoms with Crippen molar-refractivity contribution in [2.75, 3.05) is 33.8 Å². The van der Waals surface area contributed by atoms with Crippen molar-refractivity contribution >= 4 is 17.4 Å². The Kier molecular flexibility index (Phi) is 8.29. The van der Waals surface area contributed by atoms with Crippen LogP contribution in [0.2, 0.25) is 0 Å². The number of nitrogens with zero attached hydrogens (tertiary/aromatic N) is 2. The standard InChI is InChI=1S/C30H40N2O4/c1-19(2)18-36-23-13-14-24(20(3)17-23)27(33)25-26(21-9-11-22(12-10-21)30(4,5)6)32(16-15-31(7)8)29(35)28(25)34/h9-14,17,19,26,33H,15-16,18H2,1-8H3/t26-/m1/s1. The third-order valence-corrected chi connectivity index (χ3v) is 6.46. The average Bonchev–Trinajstić information content (AvgIpc) is 3.05. The van der Waals surface area contributed by atoms with Crippen molar-refractivity contribution in [1.82, 2.24) is 9.80 Å². The van der Waals surface area contributed by atoms with Crippen LogP contribution in [0, 0.1) is 12.8 Å².